The Hall–Kier alpha value is -2.34. The topological polar surface area (TPSA) is 66.5 Å². The van der Waals surface area contributed by atoms with E-state index in [4.69, 9.17) is 0 Å². The van der Waals surface area contributed by atoms with Gasteiger partial charge in [-0.1, -0.05) is 6.07 Å². The Balaban J connectivity index is 1.86. The maximum Gasteiger partial charge on any atom is 0.326 e. The first-order chi connectivity index (χ1) is 9.83. The van der Waals surface area contributed by atoms with Crippen molar-refractivity contribution in [2.45, 2.75) is 13.0 Å². The van der Waals surface area contributed by atoms with E-state index in [1.165, 1.54) is 4.88 Å². The molecular weight excluding hydrogens is 272 g/mol. The van der Waals surface area contributed by atoms with Crippen LogP contribution in [0.2, 0.25) is 0 Å². The standard InChI is InChI=1S/C14H12N4OS/c19-14-17-11-8-16-13-10(3-5-15-13)12(11)18(14)6-4-9-2-1-7-20-9/h1-3,5,7-8H,4,6H2,(H,15,16)(H,17,19). The van der Waals surface area contributed by atoms with Crippen LogP contribution >= 0.6 is 11.3 Å². The lowest BCUT2D eigenvalue weighted by molar-refractivity contribution is 0.698. The van der Waals surface area contributed by atoms with Gasteiger partial charge < -0.3 is 9.97 Å². The fourth-order valence-electron chi connectivity index (χ4n) is 2.55. The van der Waals surface area contributed by atoms with Gasteiger partial charge in [-0.05, 0) is 23.9 Å². The van der Waals surface area contributed by atoms with Gasteiger partial charge in [-0.25, -0.2) is 9.78 Å². The zero-order valence-electron chi connectivity index (χ0n) is 10.6. The smallest absolute Gasteiger partial charge is 0.326 e. The number of aryl methyl sites for hydroxylation is 2. The number of thiophene rings is 1. The minimum absolute atomic E-state index is 0.0768. The van der Waals surface area contributed by atoms with E-state index in [-0.39, 0.29) is 5.69 Å². The zero-order chi connectivity index (χ0) is 13.5. The molecule has 4 aromatic heterocycles. The predicted octanol–water partition coefficient (Wildman–Crippen LogP) is 2.51. The molecule has 0 amide bonds. The van der Waals surface area contributed by atoms with Crippen LogP contribution in [0.3, 0.4) is 0 Å². The van der Waals surface area contributed by atoms with Gasteiger partial charge in [-0.2, -0.15) is 0 Å². The number of rotatable bonds is 3. The maximum absolute atomic E-state index is 12.1. The van der Waals surface area contributed by atoms with Crippen molar-refractivity contribution in [3.8, 4) is 0 Å². The van der Waals surface area contributed by atoms with Crippen molar-refractivity contribution in [3.63, 3.8) is 0 Å². The molecule has 2 N–H and O–H groups in total. The van der Waals surface area contributed by atoms with E-state index >= 15 is 0 Å². The lowest BCUT2D eigenvalue weighted by atomic mass is 10.3. The molecule has 0 aliphatic heterocycles. The van der Waals surface area contributed by atoms with Gasteiger partial charge in [0.05, 0.1) is 17.2 Å². The first-order valence-electron chi connectivity index (χ1n) is 6.40. The van der Waals surface area contributed by atoms with Crippen molar-refractivity contribution < 1.29 is 0 Å². The van der Waals surface area contributed by atoms with Crippen LogP contribution in [0.5, 0.6) is 0 Å². The largest absolute Gasteiger partial charge is 0.346 e. The maximum atomic E-state index is 12.1. The fraction of sp³-hybridized carbons (Fsp3) is 0.143. The fourth-order valence-corrected chi connectivity index (χ4v) is 3.25. The predicted molar refractivity (Wildman–Crippen MR) is 80.2 cm³/mol. The van der Waals surface area contributed by atoms with E-state index in [2.05, 4.69) is 26.4 Å². The second-order valence-corrected chi connectivity index (χ2v) is 5.70. The average Bonchev–Trinajstić information content (AvgIpc) is 3.15. The minimum Gasteiger partial charge on any atom is -0.346 e. The van der Waals surface area contributed by atoms with E-state index in [9.17, 15) is 4.79 Å². The van der Waals surface area contributed by atoms with Crippen LogP contribution in [0.25, 0.3) is 22.1 Å². The summed E-state index contributed by atoms with van der Waals surface area (Å²) < 4.78 is 1.80. The molecular formula is C14H12N4OS. The highest BCUT2D eigenvalue weighted by Crippen LogP contribution is 2.21. The summed E-state index contributed by atoms with van der Waals surface area (Å²) in [6.45, 7) is 0.670. The number of hydrogen-bond acceptors (Lipinski definition) is 3. The van der Waals surface area contributed by atoms with Crippen molar-refractivity contribution in [1.29, 1.82) is 0 Å². The second-order valence-electron chi connectivity index (χ2n) is 4.67. The van der Waals surface area contributed by atoms with Crippen molar-refractivity contribution >= 4 is 33.4 Å². The quantitative estimate of drug-likeness (QED) is 0.607. The number of nitrogens with one attached hydrogen (secondary N) is 2. The molecule has 6 heteroatoms. The Morgan fingerprint density at radius 2 is 2.30 bits per heavy atom. The first kappa shape index (κ1) is 11.5. The highest BCUT2D eigenvalue weighted by Gasteiger charge is 2.11. The first-order valence-corrected chi connectivity index (χ1v) is 7.28. The van der Waals surface area contributed by atoms with E-state index in [1.54, 1.807) is 22.1 Å². The molecule has 20 heavy (non-hydrogen) atoms. The molecule has 0 unspecified atom stereocenters. The van der Waals surface area contributed by atoms with Gasteiger partial charge in [0.2, 0.25) is 0 Å². The summed E-state index contributed by atoms with van der Waals surface area (Å²) >= 11 is 1.72. The Morgan fingerprint density at radius 1 is 1.35 bits per heavy atom. The van der Waals surface area contributed by atoms with E-state index in [1.807, 2.05) is 18.3 Å². The highest BCUT2D eigenvalue weighted by atomic mass is 32.1. The number of aromatic amines is 2. The van der Waals surface area contributed by atoms with Crippen LogP contribution < -0.4 is 5.69 Å². The lowest BCUT2D eigenvalue weighted by Gasteiger charge is -2.03. The summed E-state index contributed by atoms with van der Waals surface area (Å²) in [5.74, 6) is 0. The molecule has 0 saturated heterocycles. The van der Waals surface area contributed by atoms with Crippen LogP contribution in [-0.2, 0) is 13.0 Å². The van der Waals surface area contributed by atoms with Crippen LogP contribution in [0.4, 0.5) is 0 Å². The van der Waals surface area contributed by atoms with E-state index in [0.717, 1.165) is 28.5 Å². The number of nitrogens with zero attached hydrogens (tertiary/aromatic N) is 2. The number of aromatic nitrogens is 4. The molecule has 0 aromatic carbocycles. The van der Waals surface area contributed by atoms with Gasteiger partial charge in [0.15, 0.2) is 0 Å². The summed E-state index contributed by atoms with van der Waals surface area (Å²) in [4.78, 5) is 23.7. The summed E-state index contributed by atoms with van der Waals surface area (Å²) in [6, 6.07) is 6.09. The van der Waals surface area contributed by atoms with Crippen LogP contribution in [0.15, 0.2) is 40.8 Å². The Bertz CT molecular complexity index is 929. The van der Waals surface area contributed by atoms with Gasteiger partial charge in [-0.3, -0.25) is 4.57 Å². The molecule has 0 radical (unpaired) electrons. The van der Waals surface area contributed by atoms with Crippen molar-refractivity contribution in [3.05, 3.63) is 51.3 Å². The SMILES string of the molecule is O=c1[nH]c2cnc3[nH]ccc3c2n1CCc1cccs1. The molecule has 0 fully saturated rings. The van der Waals surface area contributed by atoms with E-state index < -0.39 is 0 Å². The van der Waals surface area contributed by atoms with E-state index in [0.29, 0.717) is 6.54 Å². The third-order valence-electron chi connectivity index (χ3n) is 3.48. The molecule has 0 saturated carbocycles. The summed E-state index contributed by atoms with van der Waals surface area (Å²) in [5, 5.41) is 3.04. The normalized spacial score (nSPS) is 11.6. The van der Waals surface area contributed by atoms with Crippen molar-refractivity contribution in [2.24, 2.45) is 0 Å². The Labute approximate surface area is 117 Å². The third kappa shape index (κ3) is 1.69. The molecule has 4 aromatic rings. The number of fused-ring (bicyclic) bond motifs is 3. The number of pyridine rings is 1. The van der Waals surface area contributed by atoms with Crippen LogP contribution in [0.1, 0.15) is 4.88 Å². The molecule has 0 spiro atoms. The molecule has 100 valence electrons. The molecule has 5 nitrogen and oxygen atoms in total. The number of hydrogen-bond donors (Lipinski definition) is 2. The molecule has 0 atom stereocenters. The summed E-state index contributed by atoms with van der Waals surface area (Å²) in [7, 11) is 0. The molecule has 4 heterocycles. The number of imidazole rings is 1. The van der Waals surface area contributed by atoms with Gasteiger partial charge in [0.25, 0.3) is 0 Å². The van der Waals surface area contributed by atoms with Crippen molar-refractivity contribution in [1.82, 2.24) is 19.5 Å². The zero-order valence-corrected chi connectivity index (χ0v) is 11.4. The minimum atomic E-state index is -0.0768. The van der Waals surface area contributed by atoms with Gasteiger partial charge >= 0.3 is 5.69 Å². The van der Waals surface area contributed by atoms with Gasteiger partial charge in [-0.15, -0.1) is 11.3 Å². The van der Waals surface area contributed by atoms with Crippen LogP contribution in [0, 0.1) is 0 Å². The number of H-pyrrole nitrogens is 2. The van der Waals surface area contributed by atoms with Crippen LogP contribution in [-0.4, -0.2) is 19.5 Å². The average molecular weight is 284 g/mol. The second kappa shape index (κ2) is 4.35. The van der Waals surface area contributed by atoms with Gasteiger partial charge in [0.1, 0.15) is 5.65 Å². The lowest BCUT2D eigenvalue weighted by Crippen LogP contribution is -2.17. The Morgan fingerprint density at radius 3 is 3.15 bits per heavy atom. The Kier molecular flexibility index (Phi) is 2.50. The van der Waals surface area contributed by atoms with Gasteiger partial charge in [0, 0.05) is 23.0 Å². The highest BCUT2D eigenvalue weighted by molar-refractivity contribution is 7.09. The molecule has 0 aliphatic carbocycles. The molecule has 0 aliphatic rings. The summed E-state index contributed by atoms with van der Waals surface area (Å²) in [6.07, 6.45) is 4.41. The monoisotopic (exact) mass is 284 g/mol. The molecule has 0 bridgehead atoms. The van der Waals surface area contributed by atoms with Crippen molar-refractivity contribution in [2.75, 3.05) is 0 Å². The third-order valence-corrected chi connectivity index (χ3v) is 4.41. The molecule has 4 rings (SSSR count). The summed E-state index contributed by atoms with van der Waals surface area (Å²) in [5.41, 5.74) is 2.44.